The smallest absolute Gasteiger partial charge is 0.226 e. The number of rotatable bonds is 6. The monoisotopic (exact) mass is 242 g/mol. The van der Waals surface area contributed by atoms with Crippen LogP contribution in [0.4, 0.5) is 0 Å². The number of aliphatic hydroxyl groups excluding tert-OH is 1. The van der Waals surface area contributed by atoms with Gasteiger partial charge in [-0.25, -0.2) is 0 Å². The number of hydrogen-bond donors (Lipinski definition) is 3. The Morgan fingerprint density at radius 2 is 2.06 bits per heavy atom. The van der Waals surface area contributed by atoms with Crippen molar-refractivity contribution in [3.05, 3.63) is 0 Å². The van der Waals surface area contributed by atoms with E-state index < -0.39 is 0 Å². The van der Waals surface area contributed by atoms with E-state index in [1.165, 1.54) is 0 Å². The fraction of sp³-hybridized carbons (Fsp3) is 0.923. The van der Waals surface area contributed by atoms with Crippen molar-refractivity contribution in [3.8, 4) is 0 Å². The highest BCUT2D eigenvalue weighted by Gasteiger charge is 2.38. The Morgan fingerprint density at radius 3 is 2.53 bits per heavy atom. The third-order valence-corrected chi connectivity index (χ3v) is 4.02. The zero-order valence-corrected chi connectivity index (χ0v) is 11.1. The first-order valence-electron chi connectivity index (χ1n) is 6.81. The highest BCUT2D eigenvalue weighted by atomic mass is 16.3. The van der Waals surface area contributed by atoms with E-state index in [9.17, 15) is 4.79 Å². The molecule has 17 heavy (non-hydrogen) atoms. The molecule has 1 rings (SSSR count). The number of piperidine rings is 1. The molecule has 0 bridgehead atoms. The van der Waals surface area contributed by atoms with Crippen molar-refractivity contribution in [2.24, 2.45) is 5.41 Å². The average Bonchev–Trinajstić information content (AvgIpc) is 2.38. The molecule has 0 aromatic carbocycles. The van der Waals surface area contributed by atoms with Crippen LogP contribution >= 0.6 is 0 Å². The number of carbonyl (C=O) groups is 1. The van der Waals surface area contributed by atoms with Crippen LogP contribution in [0.5, 0.6) is 0 Å². The Labute approximate surface area is 104 Å². The van der Waals surface area contributed by atoms with Gasteiger partial charge in [0, 0.05) is 12.6 Å². The van der Waals surface area contributed by atoms with Gasteiger partial charge in [0.15, 0.2) is 0 Å². The predicted molar refractivity (Wildman–Crippen MR) is 68.8 cm³/mol. The van der Waals surface area contributed by atoms with Crippen molar-refractivity contribution in [1.82, 2.24) is 10.6 Å². The molecule has 0 aromatic rings. The molecule has 4 heteroatoms. The molecule has 1 aliphatic heterocycles. The second-order valence-corrected chi connectivity index (χ2v) is 4.97. The molecule has 0 spiro atoms. The second-order valence-electron chi connectivity index (χ2n) is 4.97. The Morgan fingerprint density at radius 1 is 1.41 bits per heavy atom. The van der Waals surface area contributed by atoms with Crippen molar-refractivity contribution in [1.29, 1.82) is 0 Å². The zero-order valence-electron chi connectivity index (χ0n) is 11.1. The van der Waals surface area contributed by atoms with E-state index in [1.807, 2.05) is 6.92 Å². The molecule has 1 fully saturated rings. The lowest BCUT2D eigenvalue weighted by Crippen LogP contribution is -2.50. The van der Waals surface area contributed by atoms with Crippen LogP contribution in [0, 0.1) is 5.41 Å². The lowest BCUT2D eigenvalue weighted by molar-refractivity contribution is -0.133. The van der Waals surface area contributed by atoms with Gasteiger partial charge in [0.1, 0.15) is 0 Å². The fourth-order valence-corrected chi connectivity index (χ4v) is 2.52. The SMILES string of the molecule is CCC(CCO)NC(=O)C1(CC)CCNCC1. The van der Waals surface area contributed by atoms with Crippen LogP contribution in [0.1, 0.15) is 46.0 Å². The van der Waals surface area contributed by atoms with Crippen molar-refractivity contribution < 1.29 is 9.90 Å². The molecule has 1 aliphatic rings. The van der Waals surface area contributed by atoms with Gasteiger partial charge in [-0.1, -0.05) is 13.8 Å². The van der Waals surface area contributed by atoms with Gasteiger partial charge in [-0.3, -0.25) is 4.79 Å². The molecule has 1 amide bonds. The number of hydrogen-bond acceptors (Lipinski definition) is 3. The molecule has 100 valence electrons. The molecule has 1 saturated heterocycles. The molecule has 1 atom stereocenters. The van der Waals surface area contributed by atoms with Gasteiger partial charge in [-0.05, 0) is 45.2 Å². The highest BCUT2D eigenvalue weighted by Crippen LogP contribution is 2.32. The first-order valence-corrected chi connectivity index (χ1v) is 6.81. The molecule has 0 aromatic heterocycles. The lowest BCUT2D eigenvalue weighted by Gasteiger charge is -2.36. The Bertz CT molecular complexity index is 238. The van der Waals surface area contributed by atoms with E-state index in [4.69, 9.17) is 5.11 Å². The van der Waals surface area contributed by atoms with Crippen molar-refractivity contribution in [2.75, 3.05) is 19.7 Å². The first kappa shape index (κ1) is 14.5. The van der Waals surface area contributed by atoms with Gasteiger partial charge >= 0.3 is 0 Å². The number of nitrogens with one attached hydrogen (secondary N) is 2. The van der Waals surface area contributed by atoms with Crippen molar-refractivity contribution in [2.45, 2.75) is 52.0 Å². The summed E-state index contributed by atoms with van der Waals surface area (Å²) in [6, 6.07) is 0.116. The maximum absolute atomic E-state index is 12.4. The molecule has 1 heterocycles. The minimum Gasteiger partial charge on any atom is -0.396 e. The quantitative estimate of drug-likeness (QED) is 0.652. The Kier molecular flexibility index (Phi) is 5.92. The van der Waals surface area contributed by atoms with E-state index in [2.05, 4.69) is 17.6 Å². The summed E-state index contributed by atoms with van der Waals surface area (Å²) in [5.74, 6) is 0.182. The Hall–Kier alpha value is -0.610. The molecule has 0 saturated carbocycles. The van der Waals surface area contributed by atoms with Crippen LogP contribution in [0.25, 0.3) is 0 Å². The van der Waals surface area contributed by atoms with Crippen molar-refractivity contribution in [3.63, 3.8) is 0 Å². The second kappa shape index (κ2) is 6.97. The molecule has 1 unspecified atom stereocenters. The van der Waals surface area contributed by atoms with Gasteiger partial charge < -0.3 is 15.7 Å². The summed E-state index contributed by atoms with van der Waals surface area (Å²) in [6.07, 6.45) is 4.27. The molecule has 0 aliphatic carbocycles. The summed E-state index contributed by atoms with van der Waals surface area (Å²) < 4.78 is 0. The lowest BCUT2D eigenvalue weighted by atomic mass is 9.75. The number of aliphatic hydroxyl groups is 1. The van der Waals surface area contributed by atoms with Gasteiger partial charge in [0.25, 0.3) is 0 Å². The Balaban J connectivity index is 2.58. The summed E-state index contributed by atoms with van der Waals surface area (Å²) in [6.45, 7) is 6.13. The van der Waals surface area contributed by atoms with E-state index in [1.54, 1.807) is 0 Å². The molecule has 3 N–H and O–H groups in total. The van der Waals surface area contributed by atoms with Gasteiger partial charge in [0.2, 0.25) is 5.91 Å². The topological polar surface area (TPSA) is 61.4 Å². The maximum Gasteiger partial charge on any atom is 0.226 e. The van der Waals surface area contributed by atoms with Crippen LogP contribution < -0.4 is 10.6 Å². The predicted octanol–water partition coefficient (Wildman–Crippen LogP) is 1.04. The zero-order chi connectivity index (χ0) is 12.7. The van der Waals surface area contributed by atoms with E-state index >= 15 is 0 Å². The fourth-order valence-electron chi connectivity index (χ4n) is 2.52. The minimum absolute atomic E-state index is 0.116. The average molecular weight is 242 g/mol. The van der Waals surface area contributed by atoms with Gasteiger partial charge in [-0.2, -0.15) is 0 Å². The highest BCUT2D eigenvalue weighted by molar-refractivity contribution is 5.83. The summed E-state index contributed by atoms with van der Waals surface area (Å²) in [5.41, 5.74) is -0.186. The number of amides is 1. The normalized spacial score (nSPS) is 20.9. The largest absolute Gasteiger partial charge is 0.396 e. The van der Waals surface area contributed by atoms with E-state index in [0.717, 1.165) is 38.8 Å². The van der Waals surface area contributed by atoms with Crippen molar-refractivity contribution >= 4 is 5.91 Å². The molecular weight excluding hydrogens is 216 g/mol. The molecular formula is C13H26N2O2. The minimum atomic E-state index is -0.186. The van der Waals surface area contributed by atoms with E-state index in [0.29, 0.717) is 6.42 Å². The summed E-state index contributed by atoms with van der Waals surface area (Å²) >= 11 is 0. The van der Waals surface area contributed by atoms with Crippen LogP contribution in [0.2, 0.25) is 0 Å². The molecule has 4 nitrogen and oxygen atoms in total. The standard InChI is InChI=1S/C13H26N2O2/c1-3-11(5-10-16)15-12(17)13(4-2)6-8-14-9-7-13/h11,14,16H,3-10H2,1-2H3,(H,15,17). The van der Waals surface area contributed by atoms with Gasteiger partial charge in [-0.15, -0.1) is 0 Å². The third-order valence-electron chi connectivity index (χ3n) is 4.02. The van der Waals surface area contributed by atoms with Crippen LogP contribution in [0.3, 0.4) is 0 Å². The van der Waals surface area contributed by atoms with Crippen LogP contribution in [0.15, 0.2) is 0 Å². The summed E-state index contributed by atoms with van der Waals surface area (Å²) in [5, 5.41) is 15.4. The maximum atomic E-state index is 12.4. The third kappa shape index (κ3) is 3.68. The summed E-state index contributed by atoms with van der Waals surface area (Å²) in [7, 11) is 0. The summed E-state index contributed by atoms with van der Waals surface area (Å²) in [4.78, 5) is 12.4. The number of carbonyl (C=O) groups excluding carboxylic acids is 1. The van der Waals surface area contributed by atoms with Crippen LogP contribution in [-0.2, 0) is 4.79 Å². The molecule has 0 radical (unpaired) electrons. The first-order chi connectivity index (χ1) is 8.18. The van der Waals surface area contributed by atoms with E-state index in [-0.39, 0.29) is 24.0 Å². The van der Waals surface area contributed by atoms with Crippen LogP contribution in [-0.4, -0.2) is 36.8 Å². The van der Waals surface area contributed by atoms with Gasteiger partial charge in [0.05, 0.1) is 5.41 Å².